The monoisotopic (exact) mass is 508 g/mol. The van der Waals surface area contributed by atoms with Gasteiger partial charge in [-0.3, -0.25) is 9.59 Å². The molecular formula is C22H19F7N2O4. The molecule has 1 saturated heterocycles. The van der Waals surface area contributed by atoms with Gasteiger partial charge in [0, 0.05) is 28.7 Å². The van der Waals surface area contributed by atoms with Crippen LogP contribution < -0.4 is 15.8 Å². The lowest BCUT2D eigenvalue weighted by atomic mass is 9.77. The topological polar surface area (TPSA) is 90.6 Å². The van der Waals surface area contributed by atoms with E-state index in [1.54, 1.807) is 0 Å². The Morgan fingerprint density at radius 3 is 2.40 bits per heavy atom. The van der Waals surface area contributed by atoms with Crippen molar-refractivity contribution >= 4 is 17.5 Å². The van der Waals surface area contributed by atoms with Crippen molar-refractivity contribution in [2.45, 2.75) is 44.3 Å². The second-order valence-corrected chi connectivity index (χ2v) is 8.05. The molecule has 0 aromatic heterocycles. The quantitative estimate of drug-likeness (QED) is 0.552. The van der Waals surface area contributed by atoms with Crippen molar-refractivity contribution in [2.24, 2.45) is 11.7 Å². The molecule has 1 heterocycles. The van der Waals surface area contributed by atoms with Crippen LogP contribution in [0.1, 0.15) is 35.7 Å². The standard InChI is InChI=1S/C22H19F7N2O4/c1-9-14(12-6-7-13(23)15(24)16(12)34-20(25)26)17(35-21(9,2)22(27,28)29)19(33)31-11-5-3-4-10(8-11)18(30)32/h3-9,14,17,20H,1-2H3,(H2,30,32)(H,31,33)/t9-,14-,17-,21-/m1/s1. The first kappa shape index (κ1) is 26.3. The highest BCUT2D eigenvalue weighted by molar-refractivity contribution is 5.98. The molecule has 2 amide bonds. The summed E-state index contributed by atoms with van der Waals surface area (Å²) in [7, 11) is 0. The number of carbonyl (C=O) groups excluding carboxylic acids is 2. The Kier molecular flexibility index (Phi) is 7.02. The van der Waals surface area contributed by atoms with Crippen LogP contribution in [-0.2, 0) is 9.53 Å². The summed E-state index contributed by atoms with van der Waals surface area (Å²) < 4.78 is 105. The Morgan fingerprint density at radius 1 is 1.17 bits per heavy atom. The van der Waals surface area contributed by atoms with Crippen LogP contribution in [0, 0.1) is 17.6 Å². The highest BCUT2D eigenvalue weighted by atomic mass is 19.4. The molecule has 0 unspecified atom stereocenters. The number of hydrogen-bond donors (Lipinski definition) is 2. The van der Waals surface area contributed by atoms with Crippen molar-refractivity contribution in [3.63, 3.8) is 0 Å². The van der Waals surface area contributed by atoms with E-state index in [0.717, 1.165) is 19.1 Å². The molecule has 13 heteroatoms. The summed E-state index contributed by atoms with van der Waals surface area (Å²) in [5, 5.41) is 2.28. The van der Waals surface area contributed by atoms with E-state index >= 15 is 0 Å². The lowest BCUT2D eigenvalue weighted by Crippen LogP contribution is -2.47. The van der Waals surface area contributed by atoms with Crippen LogP contribution in [0.25, 0.3) is 0 Å². The number of ether oxygens (including phenoxy) is 2. The molecule has 6 nitrogen and oxygen atoms in total. The van der Waals surface area contributed by atoms with E-state index in [1.165, 1.54) is 18.2 Å². The molecule has 35 heavy (non-hydrogen) atoms. The van der Waals surface area contributed by atoms with E-state index in [1.807, 2.05) is 0 Å². The van der Waals surface area contributed by atoms with E-state index in [2.05, 4.69) is 10.1 Å². The second kappa shape index (κ2) is 9.36. The molecule has 1 aliphatic heterocycles. The molecule has 0 aliphatic carbocycles. The van der Waals surface area contributed by atoms with Gasteiger partial charge in [0.2, 0.25) is 11.7 Å². The highest BCUT2D eigenvalue weighted by Gasteiger charge is 2.66. The normalized spacial score (nSPS) is 24.5. The molecule has 0 radical (unpaired) electrons. The Hall–Kier alpha value is -3.35. The van der Waals surface area contributed by atoms with Crippen LogP contribution in [0.15, 0.2) is 36.4 Å². The number of primary amides is 1. The first-order valence-electron chi connectivity index (χ1n) is 10.1. The van der Waals surface area contributed by atoms with E-state index in [0.29, 0.717) is 13.0 Å². The maximum atomic E-state index is 14.4. The van der Waals surface area contributed by atoms with Crippen LogP contribution in [0.4, 0.5) is 36.4 Å². The van der Waals surface area contributed by atoms with Crippen molar-refractivity contribution in [1.29, 1.82) is 0 Å². The fraction of sp³-hybridized carbons (Fsp3) is 0.364. The minimum atomic E-state index is -5.03. The molecule has 2 aromatic carbocycles. The van der Waals surface area contributed by atoms with Gasteiger partial charge in [-0.25, -0.2) is 4.39 Å². The smallest absolute Gasteiger partial charge is 0.417 e. The van der Waals surface area contributed by atoms with Gasteiger partial charge in [-0.2, -0.15) is 26.3 Å². The molecular weight excluding hydrogens is 489 g/mol. The number of anilines is 1. The van der Waals surface area contributed by atoms with Crippen LogP contribution in [0.2, 0.25) is 0 Å². The predicted molar refractivity (Wildman–Crippen MR) is 108 cm³/mol. The Bertz CT molecular complexity index is 1140. The SMILES string of the molecule is C[C@@H]1[C@H](c2ccc(F)c(F)c2OC(F)F)[C@H](C(=O)Nc2cccc(C(N)=O)c2)O[C@@]1(C)C(F)(F)F. The maximum absolute atomic E-state index is 14.4. The minimum absolute atomic E-state index is 0.0200. The molecule has 190 valence electrons. The number of alkyl halides is 5. The summed E-state index contributed by atoms with van der Waals surface area (Å²) in [4.78, 5) is 24.4. The largest absolute Gasteiger partial charge is 0.431 e. The lowest BCUT2D eigenvalue weighted by molar-refractivity contribution is -0.272. The molecule has 1 fully saturated rings. The van der Waals surface area contributed by atoms with Gasteiger partial charge in [-0.1, -0.05) is 19.1 Å². The predicted octanol–water partition coefficient (Wildman–Crippen LogP) is 4.74. The minimum Gasteiger partial charge on any atom is -0.431 e. The average Bonchev–Trinajstić information content (AvgIpc) is 3.04. The van der Waals surface area contributed by atoms with Gasteiger partial charge in [-0.15, -0.1) is 0 Å². The zero-order valence-electron chi connectivity index (χ0n) is 18.1. The zero-order chi connectivity index (χ0) is 26.3. The number of nitrogens with one attached hydrogen (secondary N) is 1. The van der Waals surface area contributed by atoms with Crippen LogP contribution in [0.3, 0.4) is 0 Å². The summed E-state index contributed by atoms with van der Waals surface area (Å²) in [6.45, 7) is -1.95. The lowest BCUT2D eigenvalue weighted by Gasteiger charge is -2.32. The Balaban J connectivity index is 2.10. The Labute approximate surface area is 194 Å². The number of benzene rings is 2. The van der Waals surface area contributed by atoms with Crippen molar-refractivity contribution in [2.75, 3.05) is 5.32 Å². The van der Waals surface area contributed by atoms with Gasteiger partial charge < -0.3 is 20.5 Å². The zero-order valence-corrected chi connectivity index (χ0v) is 18.1. The van der Waals surface area contributed by atoms with E-state index in [-0.39, 0.29) is 11.3 Å². The average molecular weight is 508 g/mol. The summed E-state index contributed by atoms with van der Waals surface area (Å²) in [6, 6.07) is 6.41. The van der Waals surface area contributed by atoms with Gasteiger partial charge in [0.25, 0.3) is 5.91 Å². The molecule has 3 rings (SSSR count). The highest BCUT2D eigenvalue weighted by Crippen LogP contribution is 2.55. The van der Waals surface area contributed by atoms with Crippen molar-refractivity contribution in [3.05, 3.63) is 59.2 Å². The molecule has 3 N–H and O–H groups in total. The van der Waals surface area contributed by atoms with Gasteiger partial charge in [0.15, 0.2) is 17.2 Å². The van der Waals surface area contributed by atoms with Crippen LogP contribution in [-0.4, -0.2) is 36.3 Å². The summed E-state index contributed by atoms with van der Waals surface area (Å²) >= 11 is 0. The summed E-state index contributed by atoms with van der Waals surface area (Å²) in [5.41, 5.74) is 1.54. The van der Waals surface area contributed by atoms with E-state index in [9.17, 15) is 40.3 Å². The van der Waals surface area contributed by atoms with Crippen LogP contribution in [0.5, 0.6) is 5.75 Å². The second-order valence-electron chi connectivity index (χ2n) is 8.05. The van der Waals surface area contributed by atoms with Crippen molar-refractivity contribution in [3.8, 4) is 5.75 Å². The van der Waals surface area contributed by atoms with Crippen LogP contribution >= 0.6 is 0 Å². The first-order chi connectivity index (χ1) is 16.2. The maximum Gasteiger partial charge on any atom is 0.417 e. The fourth-order valence-electron chi connectivity index (χ4n) is 4.01. The first-order valence-corrected chi connectivity index (χ1v) is 10.1. The third-order valence-corrected chi connectivity index (χ3v) is 5.99. The summed E-state index contributed by atoms with van der Waals surface area (Å²) in [6.07, 6.45) is -7.04. The Morgan fingerprint density at radius 2 is 1.83 bits per heavy atom. The number of rotatable bonds is 6. The number of halogens is 7. The molecule has 0 bridgehead atoms. The van der Waals surface area contributed by atoms with Crippen molar-refractivity contribution in [1.82, 2.24) is 0 Å². The number of hydrogen-bond acceptors (Lipinski definition) is 4. The van der Waals surface area contributed by atoms with Gasteiger partial charge in [0.1, 0.15) is 6.10 Å². The number of amides is 2. The molecule has 0 spiro atoms. The third kappa shape index (κ3) is 4.90. The molecule has 0 saturated carbocycles. The molecule has 1 aliphatic rings. The third-order valence-electron chi connectivity index (χ3n) is 5.99. The fourth-order valence-corrected chi connectivity index (χ4v) is 4.01. The van der Waals surface area contributed by atoms with Gasteiger partial charge in [0.05, 0.1) is 0 Å². The van der Waals surface area contributed by atoms with E-state index in [4.69, 9.17) is 10.5 Å². The van der Waals surface area contributed by atoms with Gasteiger partial charge in [-0.05, 0) is 31.2 Å². The molecule has 4 atom stereocenters. The van der Waals surface area contributed by atoms with Gasteiger partial charge >= 0.3 is 12.8 Å². The van der Waals surface area contributed by atoms with E-state index < -0.39 is 71.1 Å². The van der Waals surface area contributed by atoms with Crippen molar-refractivity contribution < 1.29 is 49.8 Å². The summed E-state index contributed by atoms with van der Waals surface area (Å²) in [5.74, 6) is -10.1. The number of carbonyl (C=O) groups is 2. The molecule has 2 aromatic rings. The number of nitrogens with two attached hydrogens (primary N) is 1.